The lowest BCUT2D eigenvalue weighted by molar-refractivity contribution is 0.0952. The van der Waals surface area contributed by atoms with Gasteiger partial charge in [0.2, 0.25) is 0 Å². The Balaban J connectivity index is 1.51. The molecule has 1 N–H and O–H groups in total. The average molecular weight is 361 g/mol. The number of anilines is 1. The summed E-state index contributed by atoms with van der Waals surface area (Å²) in [6, 6.07) is 13.4. The second-order valence-corrected chi connectivity index (χ2v) is 6.83. The average Bonchev–Trinajstić information content (AvgIpc) is 2.72. The van der Waals surface area contributed by atoms with Crippen LogP contribution in [0.4, 0.5) is 5.82 Å². The Kier molecular flexibility index (Phi) is 4.98. The zero-order valence-electron chi connectivity index (χ0n) is 15.4. The summed E-state index contributed by atoms with van der Waals surface area (Å²) in [7, 11) is 2.13. The Hall–Kier alpha value is -2.99. The number of piperazine rings is 1. The molecule has 1 aliphatic rings. The van der Waals surface area contributed by atoms with Gasteiger partial charge in [0.15, 0.2) is 0 Å². The molecule has 0 aliphatic carbocycles. The SMILES string of the molecule is CN1CCN(c2ncccc2CNC(=O)c2cccc3ncccc23)CC1. The van der Waals surface area contributed by atoms with Crippen LogP contribution >= 0.6 is 0 Å². The zero-order chi connectivity index (χ0) is 18.6. The van der Waals surface area contributed by atoms with Gasteiger partial charge in [-0.2, -0.15) is 0 Å². The summed E-state index contributed by atoms with van der Waals surface area (Å²) >= 11 is 0. The molecule has 3 heterocycles. The maximum absolute atomic E-state index is 12.8. The number of hydrogen-bond donors (Lipinski definition) is 1. The molecule has 0 radical (unpaired) electrons. The highest BCUT2D eigenvalue weighted by molar-refractivity contribution is 6.06. The maximum atomic E-state index is 12.8. The number of carbonyl (C=O) groups is 1. The van der Waals surface area contributed by atoms with Crippen molar-refractivity contribution < 1.29 is 4.79 Å². The Bertz CT molecular complexity index is 945. The Labute approximate surface area is 158 Å². The lowest BCUT2D eigenvalue weighted by Gasteiger charge is -2.34. The zero-order valence-corrected chi connectivity index (χ0v) is 15.4. The van der Waals surface area contributed by atoms with Gasteiger partial charge in [-0.15, -0.1) is 0 Å². The van der Waals surface area contributed by atoms with Gasteiger partial charge >= 0.3 is 0 Å². The van der Waals surface area contributed by atoms with Gasteiger partial charge < -0.3 is 15.1 Å². The van der Waals surface area contributed by atoms with Crippen molar-refractivity contribution in [1.29, 1.82) is 0 Å². The number of benzene rings is 1. The van der Waals surface area contributed by atoms with Gasteiger partial charge in [0.05, 0.1) is 5.52 Å². The number of likely N-dealkylation sites (N-methyl/N-ethyl adjacent to an activating group) is 1. The smallest absolute Gasteiger partial charge is 0.252 e. The summed E-state index contributed by atoms with van der Waals surface area (Å²) < 4.78 is 0. The molecule has 1 fully saturated rings. The molecule has 1 saturated heterocycles. The van der Waals surface area contributed by atoms with E-state index in [0.717, 1.165) is 48.5 Å². The number of fused-ring (bicyclic) bond motifs is 1. The van der Waals surface area contributed by atoms with Crippen molar-refractivity contribution >= 4 is 22.6 Å². The molecular weight excluding hydrogens is 338 g/mol. The number of hydrogen-bond acceptors (Lipinski definition) is 5. The van der Waals surface area contributed by atoms with E-state index < -0.39 is 0 Å². The van der Waals surface area contributed by atoms with Crippen LogP contribution in [-0.4, -0.2) is 54.0 Å². The van der Waals surface area contributed by atoms with Crippen molar-refractivity contribution in [3.05, 3.63) is 66.0 Å². The minimum atomic E-state index is -0.0956. The van der Waals surface area contributed by atoms with Crippen LogP contribution in [-0.2, 0) is 6.54 Å². The summed E-state index contributed by atoms with van der Waals surface area (Å²) in [6.45, 7) is 4.38. The molecule has 0 atom stereocenters. The van der Waals surface area contributed by atoms with Crippen molar-refractivity contribution in [2.24, 2.45) is 0 Å². The maximum Gasteiger partial charge on any atom is 0.252 e. The molecule has 138 valence electrons. The van der Waals surface area contributed by atoms with E-state index in [-0.39, 0.29) is 5.91 Å². The van der Waals surface area contributed by atoms with E-state index in [0.29, 0.717) is 12.1 Å². The molecule has 4 rings (SSSR count). The van der Waals surface area contributed by atoms with Gasteiger partial charge in [0.25, 0.3) is 5.91 Å². The molecule has 1 amide bonds. The normalized spacial score (nSPS) is 15.1. The topological polar surface area (TPSA) is 61.4 Å². The first-order valence-electron chi connectivity index (χ1n) is 9.22. The minimum absolute atomic E-state index is 0.0956. The van der Waals surface area contributed by atoms with Crippen LogP contribution < -0.4 is 10.2 Å². The second kappa shape index (κ2) is 7.72. The van der Waals surface area contributed by atoms with E-state index in [9.17, 15) is 4.79 Å². The van der Waals surface area contributed by atoms with Gasteiger partial charge in [-0.05, 0) is 31.3 Å². The van der Waals surface area contributed by atoms with Crippen molar-refractivity contribution in [2.75, 3.05) is 38.1 Å². The Morgan fingerprint density at radius 1 is 1.00 bits per heavy atom. The second-order valence-electron chi connectivity index (χ2n) is 6.83. The van der Waals surface area contributed by atoms with Crippen LogP contribution in [0.15, 0.2) is 54.9 Å². The first-order valence-corrected chi connectivity index (χ1v) is 9.22. The third-order valence-corrected chi connectivity index (χ3v) is 5.00. The first kappa shape index (κ1) is 17.4. The molecule has 6 nitrogen and oxygen atoms in total. The van der Waals surface area contributed by atoms with Crippen LogP contribution in [0.3, 0.4) is 0 Å². The lowest BCUT2D eigenvalue weighted by atomic mass is 10.1. The molecule has 1 aromatic carbocycles. The van der Waals surface area contributed by atoms with E-state index in [4.69, 9.17) is 0 Å². The third kappa shape index (κ3) is 3.75. The predicted octanol–water partition coefficient (Wildman–Crippen LogP) is 2.31. The molecule has 0 spiro atoms. The molecule has 1 aliphatic heterocycles. The highest BCUT2D eigenvalue weighted by Gasteiger charge is 2.18. The van der Waals surface area contributed by atoms with Crippen LogP contribution in [0.2, 0.25) is 0 Å². The van der Waals surface area contributed by atoms with E-state index >= 15 is 0 Å². The number of pyridine rings is 2. The number of carbonyl (C=O) groups excluding carboxylic acids is 1. The van der Waals surface area contributed by atoms with Crippen LogP contribution in [0.1, 0.15) is 15.9 Å². The summed E-state index contributed by atoms with van der Waals surface area (Å²) in [5, 5.41) is 3.92. The molecule has 0 unspecified atom stereocenters. The number of amides is 1. The van der Waals surface area contributed by atoms with Gasteiger partial charge in [0.1, 0.15) is 5.82 Å². The van der Waals surface area contributed by atoms with Gasteiger partial charge in [-0.1, -0.05) is 18.2 Å². The van der Waals surface area contributed by atoms with E-state index in [1.54, 1.807) is 6.20 Å². The van der Waals surface area contributed by atoms with Gasteiger partial charge in [-0.3, -0.25) is 9.78 Å². The molecular formula is C21H23N5O. The van der Waals surface area contributed by atoms with Crippen LogP contribution in [0, 0.1) is 0 Å². The summed E-state index contributed by atoms with van der Waals surface area (Å²) in [5.41, 5.74) is 2.50. The number of nitrogens with zero attached hydrogens (tertiary/aromatic N) is 4. The molecule has 27 heavy (non-hydrogen) atoms. The highest BCUT2D eigenvalue weighted by atomic mass is 16.1. The van der Waals surface area contributed by atoms with Crippen LogP contribution in [0.5, 0.6) is 0 Å². The van der Waals surface area contributed by atoms with E-state index in [1.807, 2.05) is 48.7 Å². The monoisotopic (exact) mass is 361 g/mol. The molecule has 2 aromatic heterocycles. The predicted molar refractivity (Wildman–Crippen MR) is 107 cm³/mol. The van der Waals surface area contributed by atoms with Crippen molar-refractivity contribution in [3.63, 3.8) is 0 Å². The largest absolute Gasteiger partial charge is 0.354 e. The fourth-order valence-corrected chi connectivity index (χ4v) is 3.44. The van der Waals surface area contributed by atoms with Crippen LogP contribution in [0.25, 0.3) is 10.9 Å². The standard InChI is InChI=1S/C21H23N5O/c1-25-11-13-26(14-12-25)20-16(5-3-10-23-20)15-24-21(27)18-6-2-8-19-17(18)7-4-9-22-19/h2-10H,11-15H2,1H3,(H,24,27). The molecule has 0 saturated carbocycles. The first-order chi connectivity index (χ1) is 13.2. The fraction of sp³-hybridized carbons (Fsp3) is 0.286. The summed E-state index contributed by atoms with van der Waals surface area (Å²) in [5.74, 6) is 0.868. The van der Waals surface area contributed by atoms with E-state index in [2.05, 4.69) is 32.1 Å². The fourth-order valence-electron chi connectivity index (χ4n) is 3.44. The quantitative estimate of drug-likeness (QED) is 0.773. The van der Waals surface area contributed by atoms with Gasteiger partial charge in [0, 0.05) is 61.6 Å². The van der Waals surface area contributed by atoms with Gasteiger partial charge in [-0.25, -0.2) is 4.98 Å². The van der Waals surface area contributed by atoms with Crippen molar-refractivity contribution in [1.82, 2.24) is 20.2 Å². The summed E-state index contributed by atoms with van der Waals surface area (Å²) in [6.07, 6.45) is 3.55. The molecule has 6 heteroatoms. The Morgan fingerprint density at radius 3 is 2.63 bits per heavy atom. The lowest BCUT2D eigenvalue weighted by Crippen LogP contribution is -2.45. The third-order valence-electron chi connectivity index (χ3n) is 5.00. The van der Waals surface area contributed by atoms with Crippen molar-refractivity contribution in [2.45, 2.75) is 6.54 Å². The van der Waals surface area contributed by atoms with Crippen molar-refractivity contribution in [3.8, 4) is 0 Å². The molecule has 3 aromatic rings. The number of nitrogens with one attached hydrogen (secondary N) is 1. The van der Waals surface area contributed by atoms with E-state index in [1.165, 1.54) is 0 Å². The Morgan fingerprint density at radius 2 is 1.78 bits per heavy atom. The number of aromatic nitrogens is 2. The molecule has 0 bridgehead atoms. The summed E-state index contributed by atoms with van der Waals surface area (Å²) in [4.78, 5) is 26.3. The minimum Gasteiger partial charge on any atom is -0.354 e. The highest BCUT2D eigenvalue weighted by Crippen LogP contribution is 2.20. The number of rotatable bonds is 4.